The summed E-state index contributed by atoms with van der Waals surface area (Å²) >= 11 is 0. The highest BCUT2D eigenvalue weighted by Gasteiger charge is 2.32. The minimum absolute atomic E-state index is 0.0545. The van der Waals surface area contributed by atoms with E-state index in [0.717, 1.165) is 36.7 Å². The molecule has 160 valence electrons. The average Bonchev–Trinajstić information content (AvgIpc) is 2.94. The molecule has 0 aliphatic rings. The first kappa shape index (κ1) is 22.8. The van der Waals surface area contributed by atoms with Crippen molar-refractivity contribution in [2.75, 3.05) is 7.11 Å². The number of benzene rings is 1. The molecule has 0 aliphatic carbocycles. The Bertz CT molecular complexity index is 948. The lowest BCUT2D eigenvalue weighted by Gasteiger charge is -2.20. The van der Waals surface area contributed by atoms with Crippen molar-refractivity contribution in [2.45, 2.75) is 58.7 Å². The van der Waals surface area contributed by atoms with E-state index in [9.17, 15) is 18.0 Å². The third-order valence-electron chi connectivity index (χ3n) is 4.71. The fourth-order valence-electron chi connectivity index (χ4n) is 3.15. The Hall–Kier alpha value is -2.51. The zero-order valence-corrected chi connectivity index (χ0v) is 17.7. The van der Waals surface area contributed by atoms with E-state index in [1.165, 1.54) is 7.11 Å². The summed E-state index contributed by atoms with van der Waals surface area (Å²) in [5, 5.41) is 0. The molecule has 1 aromatic heterocycles. The molecular weight excluding hydrogens is 383 g/mol. The molecule has 29 heavy (non-hydrogen) atoms. The first-order chi connectivity index (χ1) is 13.4. The van der Waals surface area contributed by atoms with Gasteiger partial charge in [0, 0.05) is 30.8 Å². The first-order valence-corrected chi connectivity index (χ1v) is 9.51. The largest absolute Gasteiger partial charge is 0.496 e. The van der Waals surface area contributed by atoms with Gasteiger partial charge in [0.05, 0.1) is 18.2 Å². The van der Waals surface area contributed by atoms with Gasteiger partial charge in [-0.1, -0.05) is 34.1 Å². The number of hydrogen-bond acceptors (Lipinski definition) is 2. The highest BCUT2D eigenvalue weighted by Crippen LogP contribution is 2.32. The third kappa shape index (κ3) is 5.10. The lowest BCUT2D eigenvalue weighted by molar-refractivity contribution is -0.137. The lowest BCUT2D eigenvalue weighted by Crippen LogP contribution is -2.25. The summed E-state index contributed by atoms with van der Waals surface area (Å²) in [6.07, 6.45) is -2.72. The standard InChI is InChI=1S/C21H28F3N3O2/c1-7-8-11-27-18(13-17(26(27)5)20(2,3)4)25-19(28)15-12-14(21(22,23)24)9-10-16(15)29-6/h9-10,12-13H,7-8,11H2,1-6H3. The zero-order chi connectivity index (χ0) is 22.0. The number of nitrogens with zero attached hydrogens (tertiary/aromatic N) is 3. The van der Waals surface area contributed by atoms with Gasteiger partial charge in [-0.15, -0.1) is 0 Å². The van der Waals surface area contributed by atoms with Crippen molar-refractivity contribution in [1.29, 1.82) is 0 Å². The third-order valence-corrected chi connectivity index (χ3v) is 4.71. The Balaban J connectivity index is 2.63. The predicted octanol–water partition coefficient (Wildman–Crippen LogP) is 4.69. The number of unbranched alkanes of at least 4 members (excludes halogenated alkanes) is 1. The van der Waals surface area contributed by atoms with Gasteiger partial charge in [0.2, 0.25) is 0 Å². The number of hydrogen-bond donors (Lipinski definition) is 0. The Morgan fingerprint density at radius 2 is 1.83 bits per heavy atom. The van der Waals surface area contributed by atoms with Crippen molar-refractivity contribution in [2.24, 2.45) is 12.0 Å². The zero-order valence-electron chi connectivity index (χ0n) is 17.7. The summed E-state index contributed by atoms with van der Waals surface area (Å²) in [7, 11) is 3.20. The van der Waals surface area contributed by atoms with Crippen LogP contribution in [0.5, 0.6) is 5.75 Å². The van der Waals surface area contributed by atoms with Gasteiger partial charge in [-0.25, -0.2) is 0 Å². The molecular formula is C21H28F3N3O2. The molecule has 1 aromatic carbocycles. The van der Waals surface area contributed by atoms with E-state index in [-0.39, 0.29) is 16.7 Å². The minimum atomic E-state index is -4.56. The normalized spacial score (nSPS) is 13.1. The molecule has 1 amide bonds. The highest BCUT2D eigenvalue weighted by molar-refractivity contribution is 5.97. The van der Waals surface area contributed by atoms with E-state index in [1.807, 2.05) is 43.2 Å². The molecule has 0 unspecified atom stereocenters. The molecule has 5 nitrogen and oxygen atoms in total. The summed E-state index contributed by atoms with van der Waals surface area (Å²) in [5.41, 5.74) is 0.0594. The quantitative estimate of drug-likeness (QED) is 0.717. The van der Waals surface area contributed by atoms with Crippen LogP contribution in [0.1, 0.15) is 62.2 Å². The van der Waals surface area contributed by atoms with Crippen molar-refractivity contribution in [3.63, 3.8) is 0 Å². The van der Waals surface area contributed by atoms with Crippen LogP contribution < -0.4 is 10.2 Å². The molecule has 2 aromatic rings. The molecule has 0 fully saturated rings. The summed E-state index contributed by atoms with van der Waals surface area (Å²) in [6.45, 7) is 8.86. The molecule has 0 aliphatic heterocycles. The number of aromatic nitrogens is 2. The Morgan fingerprint density at radius 1 is 1.17 bits per heavy atom. The van der Waals surface area contributed by atoms with Crippen LogP contribution >= 0.6 is 0 Å². The van der Waals surface area contributed by atoms with Crippen LogP contribution in [-0.2, 0) is 25.2 Å². The number of halogens is 3. The summed E-state index contributed by atoms with van der Waals surface area (Å²) in [6, 6.07) is 4.63. The Labute approximate surface area is 168 Å². The van der Waals surface area contributed by atoms with Crippen molar-refractivity contribution < 1.29 is 22.7 Å². The van der Waals surface area contributed by atoms with Crippen molar-refractivity contribution in [3.8, 4) is 5.75 Å². The van der Waals surface area contributed by atoms with Gasteiger partial charge >= 0.3 is 6.18 Å². The fourth-order valence-corrected chi connectivity index (χ4v) is 3.15. The fraction of sp³-hybridized carbons (Fsp3) is 0.524. The van der Waals surface area contributed by atoms with E-state index in [1.54, 1.807) is 0 Å². The Morgan fingerprint density at radius 3 is 2.34 bits per heavy atom. The SMILES string of the molecule is CCCCn1c(=NC(=O)c2cc(C(F)(F)F)ccc2OC)cc(C(C)(C)C)n1C. The molecule has 0 saturated heterocycles. The number of carbonyl (C=O) groups excluding carboxylic acids is 1. The summed E-state index contributed by atoms with van der Waals surface area (Å²) in [5.74, 6) is -0.719. The van der Waals surface area contributed by atoms with Gasteiger partial charge in [-0.3, -0.25) is 14.2 Å². The van der Waals surface area contributed by atoms with Gasteiger partial charge in [0.1, 0.15) is 5.75 Å². The number of methoxy groups -OCH3 is 1. The molecule has 8 heteroatoms. The maximum atomic E-state index is 13.1. The van der Waals surface area contributed by atoms with Crippen LogP contribution in [0.3, 0.4) is 0 Å². The van der Waals surface area contributed by atoms with Gasteiger partial charge in [-0.05, 0) is 24.6 Å². The molecule has 2 rings (SSSR count). The minimum Gasteiger partial charge on any atom is -0.496 e. The second-order valence-electron chi connectivity index (χ2n) is 7.97. The predicted molar refractivity (Wildman–Crippen MR) is 105 cm³/mol. The van der Waals surface area contributed by atoms with Crippen LogP contribution in [-0.4, -0.2) is 22.4 Å². The van der Waals surface area contributed by atoms with Crippen LogP contribution in [0.2, 0.25) is 0 Å². The maximum absolute atomic E-state index is 13.1. The maximum Gasteiger partial charge on any atom is 0.416 e. The van der Waals surface area contributed by atoms with Gasteiger partial charge in [-0.2, -0.15) is 18.2 Å². The Kier molecular flexibility index (Phi) is 6.65. The van der Waals surface area contributed by atoms with Gasteiger partial charge in [0.25, 0.3) is 5.91 Å². The number of carbonyl (C=O) groups is 1. The van der Waals surface area contributed by atoms with Crippen molar-refractivity contribution in [1.82, 2.24) is 9.36 Å². The molecule has 0 atom stereocenters. The molecule has 1 heterocycles. The number of amides is 1. The average molecular weight is 411 g/mol. The van der Waals surface area contributed by atoms with E-state index in [4.69, 9.17) is 4.74 Å². The van der Waals surface area contributed by atoms with E-state index >= 15 is 0 Å². The van der Waals surface area contributed by atoms with Crippen molar-refractivity contribution >= 4 is 5.91 Å². The highest BCUT2D eigenvalue weighted by atomic mass is 19.4. The molecule has 0 saturated carbocycles. The van der Waals surface area contributed by atoms with E-state index in [2.05, 4.69) is 11.9 Å². The van der Waals surface area contributed by atoms with Gasteiger partial charge < -0.3 is 4.74 Å². The summed E-state index contributed by atoms with van der Waals surface area (Å²) < 4.78 is 48.2. The van der Waals surface area contributed by atoms with Crippen molar-refractivity contribution in [3.05, 3.63) is 46.6 Å². The second kappa shape index (κ2) is 8.47. The molecule has 0 spiro atoms. The van der Waals surface area contributed by atoms with Crippen LogP contribution in [0.15, 0.2) is 29.3 Å². The topological polar surface area (TPSA) is 48.5 Å². The van der Waals surface area contributed by atoms with Crippen LogP contribution in [0.25, 0.3) is 0 Å². The van der Waals surface area contributed by atoms with E-state index in [0.29, 0.717) is 12.0 Å². The summed E-state index contributed by atoms with van der Waals surface area (Å²) in [4.78, 5) is 17.0. The molecule has 0 N–H and O–H groups in total. The van der Waals surface area contributed by atoms with Gasteiger partial charge in [0.15, 0.2) is 5.49 Å². The smallest absolute Gasteiger partial charge is 0.416 e. The monoisotopic (exact) mass is 411 g/mol. The van der Waals surface area contributed by atoms with Crippen LogP contribution in [0.4, 0.5) is 13.2 Å². The van der Waals surface area contributed by atoms with Crippen LogP contribution in [0, 0.1) is 0 Å². The molecule has 0 radical (unpaired) electrons. The number of ether oxygens (including phenoxy) is 1. The lowest BCUT2D eigenvalue weighted by atomic mass is 9.92. The second-order valence-corrected chi connectivity index (χ2v) is 7.97. The molecule has 0 bridgehead atoms. The number of alkyl halides is 3. The van der Waals surface area contributed by atoms with E-state index < -0.39 is 17.6 Å². The number of rotatable bonds is 5. The first-order valence-electron chi connectivity index (χ1n) is 9.51.